The Kier molecular flexibility index (Phi) is 3.50. The number of hydrogen-bond acceptors (Lipinski definition) is 2. The number of amides is 1. The highest BCUT2D eigenvalue weighted by Crippen LogP contribution is 2.65. The van der Waals surface area contributed by atoms with Crippen molar-refractivity contribution in [3.8, 4) is 0 Å². The van der Waals surface area contributed by atoms with Gasteiger partial charge in [-0.2, -0.15) is 0 Å². The van der Waals surface area contributed by atoms with Crippen LogP contribution in [0.25, 0.3) is 0 Å². The van der Waals surface area contributed by atoms with E-state index in [1.54, 1.807) is 0 Å². The van der Waals surface area contributed by atoms with E-state index in [1.165, 1.54) is 25.7 Å². The molecule has 4 bridgehead atoms. The number of halogens is 1. The predicted octanol–water partition coefficient (Wildman–Crippen LogP) is 3.87. The Labute approximate surface area is 153 Å². The highest BCUT2D eigenvalue weighted by molar-refractivity contribution is 9.10. The van der Waals surface area contributed by atoms with Gasteiger partial charge in [-0.3, -0.25) is 4.79 Å². The molecule has 0 aromatic rings. The fourth-order valence-corrected chi connectivity index (χ4v) is 8.91. The Balaban J connectivity index is 1.37. The molecule has 2 unspecified atom stereocenters. The van der Waals surface area contributed by atoms with Crippen LogP contribution in [-0.4, -0.2) is 38.9 Å². The Bertz CT molecular complexity index is 540. The quantitative estimate of drug-likeness (QED) is 0.720. The van der Waals surface area contributed by atoms with Crippen molar-refractivity contribution < 1.29 is 9.90 Å². The second-order valence-corrected chi connectivity index (χ2v) is 11.6. The van der Waals surface area contributed by atoms with Crippen LogP contribution in [0.1, 0.15) is 70.6 Å². The van der Waals surface area contributed by atoms with Crippen molar-refractivity contribution in [2.75, 3.05) is 13.2 Å². The van der Waals surface area contributed by atoms with Crippen LogP contribution in [0.15, 0.2) is 0 Å². The predicted molar refractivity (Wildman–Crippen MR) is 96.9 cm³/mol. The molecular weight excluding hydrogens is 366 g/mol. The van der Waals surface area contributed by atoms with E-state index < -0.39 is 0 Å². The molecule has 5 aliphatic carbocycles. The molecule has 1 amide bonds. The third kappa shape index (κ3) is 2.21. The summed E-state index contributed by atoms with van der Waals surface area (Å²) < 4.78 is 0.263. The fourth-order valence-electron chi connectivity index (χ4n) is 7.46. The third-order valence-corrected chi connectivity index (χ3v) is 9.28. The highest BCUT2D eigenvalue weighted by Gasteiger charge is 2.63. The average Bonchev–Trinajstić information content (AvgIpc) is 2.51. The molecule has 6 aliphatic rings. The molecule has 0 aromatic heterocycles. The minimum absolute atomic E-state index is 0.0468. The maximum Gasteiger partial charge on any atom is 0.229 e. The van der Waals surface area contributed by atoms with Crippen molar-refractivity contribution in [2.45, 2.75) is 80.5 Å². The summed E-state index contributed by atoms with van der Waals surface area (Å²) in [5.41, 5.74) is 0.111. The zero-order chi connectivity index (χ0) is 16.6. The van der Waals surface area contributed by atoms with E-state index in [1.807, 2.05) is 0 Å². The van der Waals surface area contributed by atoms with Crippen molar-refractivity contribution in [1.82, 2.24) is 4.90 Å². The molecule has 2 atom stereocenters. The summed E-state index contributed by atoms with van der Waals surface area (Å²) in [6.45, 7) is 1.30. The lowest BCUT2D eigenvalue weighted by atomic mass is 9.48. The van der Waals surface area contributed by atoms with Gasteiger partial charge >= 0.3 is 0 Å². The molecule has 1 aliphatic heterocycles. The lowest BCUT2D eigenvalue weighted by molar-refractivity contribution is -0.175. The maximum atomic E-state index is 13.7. The number of nitrogens with zero attached hydrogens (tertiary/aromatic N) is 1. The topological polar surface area (TPSA) is 40.5 Å². The second kappa shape index (κ2) is 5.22. The van der Waals surface area contributed by atoms with Gasteiger partial charge in [0.05, 0.1) is 5.41 Å². The maximum absolute atomic E-state index is 13.7. The minimum atomic E-state index is -0.0468. The number of alkyl halides is 1. The van der Waals surface area contributed by atoms with Crippen LogP contribution < -0.4 is 0 Å². The van der Waals surface area contributed by atoms with Crippen molar-refractivity contribution in [2.24, 2.45) is 23.2 Å². The molecule has 6 fully saturated rings. The monoisotopic (exact) mass is 395 g/mol. The van der Waals surface area contributed by atoms with Gasteiger partial charge in [0.2, 0.25) is 5.91 Å². The lowest BCUT2D eigenvalue weighted by Gasteiger charge is -2.64. The Hall–Kier alpha value is -0.0900. The van der Waals surface area contributed by atoms with E-state index in [2.05, 4.69) is 20.8 Å². The van der Waals surface area contributed by atoms with E-state index in [4.69, 9.17) is 0 Å². The van der Waals surface area contributed by atoms with E-state index in [0.29, 0.717) is 18.4 Å². The first-order chi connectivity index (χ1) is 11.5. The summed E-state index contributed by atoms with van der Waals surface area (Å²) in [4.78, 5) is 16.0. The first-order valence-corrected chi connectivity index (χ1v) is 10.9. The Morgan fingerprint density at radius 2 is 1.75 bits per heavy atom. The Morgan fingerprint density at radius 3 is 2.25 bits per heavy atom. The highest BCUT2D eigenvalue weighted by atomic mass is 79.9. The smallest absolute Gasteiger partial charge is 0.229 e. The molecule has 4 heteroatoms. The van der Waals surface area contributed by atoms with Crippen LogP contribution in [0.5, 0.6) is 0 Å². The second-order valence-electron chi connectivity index (χ2n) is 9.95. The van der Waals surface area contributed by atoms with E-state index in [0.717, 1.165) is 63.3 Å². The molecule has 1 heterocycles. The van der Waals surface area contributed by atoms with Gasteiger partial charge in [-0.15, -0.1) is 0 Å². The SMILES string of the molecule is O=C(N1CCC12CCC(CO)CC2)C12CC3CC(CC(Br)(C3)C1)C2. The summed E-state index contributed by atoms with van der Waals surface area (Å²) in [5.74, 6) is 2.53. The fraction of sp³-hybridized carbons (Fsp3) is 0.950. The number of rotatable bonds is 2. The molecule has 1 spiro atoms. The van der Waals surface area contributed by atoms with Crippen LogP contribution in [0.2, 0.25) is 0 Å². The molecule has 0 aromatic carbocycles. The van der Waals surface area contributed by atoms with Crippen LogP contribution in [-0.2, 0) is 4.79 Å². The van der Waals surface area contributed by atoms with Crippen LogP contribution in [0, 0.1) is 23.2 Å². The van der Waals surface area contributed by atoms with Crippen molar-refractivity contribution in [3.63, 3.8) is 0 Å². The number of aliphatic hydroxyl groups excluding tert-OH is 1. The first-order valence-electron chi connectivity index (χ1n) is 10.1. The number of carbonyl (C=O) groups excluding carboxylic acids is 1. The van der Waals surface area contributed by atoms with Crippen molar-refractivity contribution in [1.29, 1.82) is 0 Å². The summed E-state index contributed by atoms with van der Waals surface area (Å²) in [6.07, 6.45) is 13.0. The molecule has 0 radical (unpaired) electrons. The largest absolute Gasteiger partial charge is 0.396 e. The van der Waals surface area contributed by atoms with E-state index in [-0.39, 0.29) is 15.3 Å². The molecule has 1 saturated heterocycles. The van der Waals surface area contributed by atoms with E-state index in [9.17, 15) is 9.90 Å². The average molecular weight is 396 g/mol. The first kappa shape index (κ1) is 16.1. The van der Waals surface area contributed by atoms with Gasteiger partial charge < -0.3 is 10.0 Å². The molecule has 134 valence electrons. The molecule has 3 nitrogen and oxygen atoms in total. The van der Waals surface area contributed by atoms with Crippen LogP contribution >= 0.6 is 15.9 Å². The zero-order valence-electron chi connectivity index (χ0n) is 14.6. The number of carbonyl (C=O) groups is 1. The minimum Gasteiger partial charge on any atom is -0.396 e. The summed E-state index contributed by atoms with van der Waals surface area (Å²) >= 11 is 4.06. The van der Waals surface area contributed by atoms with Gasteiger partial charge in [0.15, 0.2) is 0 Å². The molecule has 6 rings (SSSR count). The zero-order valence-corrected chi connectivity index (χ0v) is 16.2. The number of likely N-dealkylation sites (tertiary alicyclic amines) is 1. The van der Waals surface area contributed by atoms with Gasteiger partial charge in [0.1, 0.15) is 0 Å². The molecule has 5 saturated carbocycles. The summed E-state index contributed by atoms with van der Waals surface area (Å²) in [5, 5.41) is 9.42. The van der Waals surface area contributed by atoms with Crippen LogP contribution in [0.4, 0.5) is 0 Å². The third-order valence-electron chi connectivity index (χ3n) is 8.36. The summed E-state index contributed by atoms with van der Waals surface area (Å²) in [7, 11) is 0. The van der Waals surface area contributed by atoms with Crippen molar-refractivity contribution >= 4 is 21.8 Å². The molecule has 1 N–H and O–H groups in total. The van der Waals surface area contributed by atoms with Gasteiger partial charge in [0.25, 0.3) is 0 Å². The van der Waals surface area contributed by atoms with Gasteiger partial charge in [-0.05, 0) is 88.4 Å². The number of hydrogen-bond donors (Lipinski definition) is 1. The standard InChI is InChI=1S/C20H30BrNO2/c21-19-10-15-7-16(11-19)9-18(8-15,13-19)17(24)22-6-5-20(22)3-1-14(12-23)2-4-20/h14-16,23H,1-13H2. The lowest BCUT2D eigenvalue weighted by Crippen LogP contribution is -2.68. The summed E-state index contributed by atoms with van der Waals surface area (Å²) in [6, 6.07) is 0. The van der Waals surface area contributed by atoms with Crippen LogP contribution in [0.3, 0.4) is 0 Å². The van der Waals surface area contributed by atoms with Gasteiger partial charge in [-0.1, -0.05) is 15.9 Å². The van der Waals surface area contributed by atoms with Crippen molar-refractivity contribution in [3.05, 3.63) is 0 Å². The Morgan fingerprint density at radius 1 is 1.08 bits per heavy atom. The van der Waals surface area contributed by atoms with Gasteiger partial charge in [0, 0.05) is 23.0 Å². The van der Waals surface area contributed by atoms with Gasteiger partial charge in [-0.25, -0.2) is 0 Å². The molecular formula is C20H30BrNO2. The molecule has 24 heavy (non-hydrogen) atoms. The normalized spacial score (nSPS) is 52.6. The van der Waals surface area contributed by atoms with E-state index >= 15 is 0 Å². The number of aliphatic hydroxyl groups is 1.